The smallest absolute Gasteiger partial charge is 0.244 e. The lowest BCUT2D eigenvalue weighted by molar-refractivity contribution is -0.120. The molecule has 6 heteroatoms. The molecule has 1 aromatic heterocycles. The summed E-state index contributed by atoms with van der Waals surface area (Å²) in [6, 6.07) is 17.1. The Balaban J connectivity index is 1.61. The van der Waals surface area contributed by atoms with Crippen molar-refractivity contribution in [2.75, 3.05) is 16.8 Å². The third-order valence-corrected chi connectivity index (χ3v) is 5.95. The first-order chi connectivity index (χ1) is 14.0. The minimum Gasteiger partial charge on any atom is -0.324 e. The lowest BCUT2D eigenvalue weighted by Gasteiger charge is -2.22. The number of para-hydroxylation sites is 2. The average molecular weight is 404 g/mol. The molecule has 5 nitrogen and oxygen atoms in total. The average Bonchev–Trinajstić information content (AvgIpc) is 3.20. The molecule has 4 rings (SSSR count). The third-order valence-electron chi connectivity index (χ3n) is 5.03. The number of fused-ring (bicyclic) bond motifs is 1. The summed E-state index contributed by atoms with van der Waals surface area (Å²) in [4.78, 5) is 33.1. The molecule has 146 valence electrons. The standard InChI is InChI=1S/C23H21N3O2S/c1-15-7-5-9-17(16(15)2)25-22(27)14-26-20-10-4-3-8-18(20)24-19(13-23(26)28)21-11-6-12-29-21/h3-12H,13-14H2,1-2H3,(H,25,27). The number of aryl methyl sites for hydroxylation is 1. The molecule has 0 spiro atoms. The van der Waals surface area contributed by atoms with E-state index in [4.69, 9.17) is 4.99 Å². The van der Waals surface area contributed by atoms with Gasteiger partial charge >= 0.3 is 0 Å². The van der Waals surface area contributed by atoms with Crippen LogP contribution in [0.1, 0.15) is 22.4 Å². The van der Waals surface area contributed by atoms with Crippen LogP contribution in [-0.4, -0.2) is 24.1 Å². The Hall–Kier alpha value is -3.25. The van der Waals surface area contributed by atoms with Crippen molar-refractivity contribution in [2.45, 2.75) is 20.3 Å². The third kappa shape index (κ3) is 3.98. The highest BCUT2D eigenvalue weighted by molar-refractivity contribution is 7.12. The molecule has 1 aliphatic rings. The highest BCUT2D eigenvalue weighted by atomic mass is 32.1. The lowest BCUT2D eigenvalue weighted by Crippen LogP contribution is -2.38. The van der Waals surface area contributed by atoms with E-state index < -0.39 is 0 Å². The van der Waals surface area contributed by atoms with E-state index >= 15 is 0 Å². The number of thiophene rings is 1. The minimum atomic E-state index is -0.235. The van der Waals surface area contributed by atoms with Gasteiger partial charge in [-0.25, -0.2) is 4.99 Å². The van der Waals surface area contributed by atoms with Crippen LogP contribution in [0.5, 0.6) is 0 Å². The Kier molecular flexibility index (Phi) is 5.27. The summed E-state index contributed by atoms with van der Waals surface area (Å²) in [7, 11) is 0. The Morgan fingerprint density at radius 1 is 1.10 bits per heavy atom. The molecule has 2 heterocycles. The molecule has 0 bridgehead atoms. The number of hydrogen-bond acceptors (Lipinski definition) is 4. The molecule has 29 heavy (non-hydrogen) atoms. The van der Waals surface area contributed by atoms with E-state index in [2.05, 4.69) is 5.32 Å². The highest BCUT2D eigenvalue weighted by Crippen LogP contribution is 2.33. The van der Waals surface area contributed by atoms with Crippen LogP contribution in [0.4, 0.5) is 17.1 Å². The van der Waals surface area contributed by atoms with Crippen molar-refractivity contribution >= 4 is 45.9 Å². The van der Waals surface area contributed by atoms with Crippen LogP contribution in [0.3, 0.4) is 0 Å². The number of benzene rings is 2. The number of amides is 2. The van der Waals surface area contributed by atoms with Gasteiger partial charge in [-0.1, -0.05) is 30.3 Å². The van der Waals surface area contributed by atoms with Crippen molar-refractivity contribution in [3.05, 3.63) is 76.0 Å². The van der Waals surface area contributed by atoms with Crippen LogP contribution in [0.2, 0.25) is 0 Å². The zero-order valence-electron chi connectivity index (χ0n) is 16.3. The topological polar surface area (TPSA) is 61.8 Å². The molecule has 1 N–H and O–H groups in total. The normalized spacial score (nSPS) is 13.5. The van der Waals surface area contributed by atoms with Crippen molar-refractivity contribution in [2.24, 2.45) is 4.99 Å². The van der Waals surface area contributed by atoms with Gasteiger partial charge in [0.2, 0.25) is 11.8 Å². The summed E-state index contributed by atoms with van der Waals surface area (Å²) in [6.45, 7) is 3.91. The molecule has 3 aromatic rings. The van der Waals surface area contributed by atoms with Crippen molar-refractivity contribution in [3.8, 4) is 0 Å². The predicted molar refractivity (Wildman–Crippen MR) is 118 cm³/mol. The zero-order chi connectivity index (χ0) is 20.4. The lowest BCUT2D eigenvalue weighted by atomic mass is 10.1. The predicted octanol–water partition coefficient (Wildman–Crippen LogP) is 4.86. The molecule has 2 amide bonds. The number of carbonyl (C=O) groups is 2. The number of hydrogen-bond donors (Lipinski definition) is 1. The SMILES string of the molecule is Cc1cccc(NC(=O)CN2C(=O)CC(c3cccs3)=Nc3ccccc32)c1C. The first-order valence-electron chi connectivity index (χ1n) is 9.40. The molecular weight excluding hydrogens is 382 g/mol. The Morgan fingerprint density at radius 3 is 2.72 bits per heavy atom. The first kappa shape index (κ1) is 19.1. The fourth-order valence-electron chi connectivity index (χ4n) is 3.32. The van der Waals surface area contributed by atoms with Crippen LogP contribution in [0.15, 0.2) is 65.0 Å². The van der Waals surface area contributed by atoms with E-state index in [9.17, 15) is 9.59 Å². The van der Waals surface area contributed by atoms with Gasteiger partial charge in [0.15, 0.2) is 0 Å². The van der Waals surface area contributed by atoms with E-state index in [0.717, 1.165) is 27.4 Å². The molecule has 0 unspecified atom stereocenters. The largest absolute Gasteiger partial charge is 0.324 e. The minimum absolute atomic E-state index is 0.0591. The summed E-state index contributed by atoms with van der Waals surface area (Å²) in [6.07, 6.45) is 0.159. The van der Waals surface area contributed by atoms with Crippen LogP contribution in [0.25, 0.3) is 0 Å². The molecular formula is C23H21N3O2S. The Labute approximate surface area is 173 Å². The fourth-order valence-corrected chi connectivity index (χ4v) is 4.04. The van der Waals surface area contributed by atoms with Crippen LogP contribution >= 0.6 is 11.3 Å². The molecule has 0 saturated carbocycles. The van der Waals surface area contributed by atoms with Gasteiger partial charge in [0.05, 0.1) is 23.5 Å². The Morgan fingerprint density at radius 2 is 1.93 bits per heavy atom. The maximum absolute atomic E-state index is 13.1. The van der Waals surface area contributed by atoms with Gasteiger partial charge in [-0.3, -0.25) is 9.59 Å². The second kappa shape index (κ2) is 8.01. The molecule has 0 aliphatic carbocycles. The molecule has 0 fully saturated rings. The van der Waals surface area contributed by atoms with Crippen molar-refractivity contribution in [3.63, 3.8) is 0 Å². The molecule has 0 saturated heterocycles. The van der Waals surface area contributed by atoms with Gasteiger partial charge in [-0.05, 0) is 54.6 Å². The fraction of sp³-hybridized carbons (Fsp3) is 0.174. The van der Waals surface area contributed by atoms with Crippen molar-refractivity contribution in [1.29, 1.82) is 0 Å². The monoisotopic (exact) mass is 403 g/mol. The number of rotatable bonds is 4. The molecule has 0 radical (unpaired) electrons. The maximum atomic E-state index is 13.1. The summed E-state index contributed by atoms with van der Waals surface area (Å²) < 4.78 is 0. The second-order valence-corrected chi connectivity index (χ2v) is 7.92. The maximum Gasteiger partial charge on any atom is 0.244 e. The zero-order valence-corrected chi connectivity index (χ0v) is 17.1. The number of nitrogens with zero attached hydrogens (tertiary/aromatic N) is 2. The van der Waals surface area contributed by atoms with E-state index in [1.165, 1.54) is 4.90 Å². The summed E-state index contributed by atoms with van der Waals surface area (Å²) in [5.41, 5.74) is 4.97. The van der Waals surface area contributed by atoms with Gasteiger partial charge in [0.25, 0.3) is 0 Å². The summed E-state index contributed by atoms with van der Waals surface area (Å²) in [5, 5.41) is 4.91. The quantitative estimate of drug-likeness (QED) is 0.676. The van der Waals surface area contributed by atoms with E-state index in [0.29, 0.717) is 11.4 Å². The summed E-state index contributed by atoms with van der Waals surface area (Å²) in [5.74, 6) is -0.375. The number of carbonyl (C=O) groups excluding carboxylic acids is 2. The van der Waals surface area contributed by atoms with Gasteiger partial charge in [0, 0.05) is 10.6 Å². The van der Waals surface area contributed by atoms with Gasteiger partial charge in [0.1, 0.15) is 6.54 Å². The van der Waals surface area contributed by atoms with Crippen molar-refractivity contribution < 1.29 is 9.59 Å². The van der Waals surface area contributed by atoms with E-state index in [-0.39, 0.29) is 24.8 Å². The van der Waals surface area contributed by atoms with Crippen LogP contribution < -0.4 is 10.2 Å². The van der Waals surface area contributed by atoms with Crippen LogP contribution in [-0.2, 0) is 9.59 Å². The molecule has 1 aliphatic heterocycles. The number of anilines is 2. The van der Waals surface area contributed by atoms with E-state index in [1.54, 1.807) is 11.3 Å². The summed E-state index contributed by atoms with van der Waals surface area (Å²) >= 11 is 1.55. The number of nitrogens with one attached hydrogen (secondary N) is 1. The highest BCUT2D eigenvalue weighted by Gasteiger charge is 2.27. The first-order valence-corrected chi connectivity index (χ1v) is 10.3. The Bertz CT molecular complexity index is 1100. The van der Waals surface area contributed by atoms with Crippen LogP contribution in [0, 0.1) is 13.8 Å². The van der Waals surface area contributed by atoms with Gasteiger partial charge < -0.3 is 10.2 Å². The molecule has 0 atom stereocenters. The van der Waals surface area contributed by atoms with Gasteiger partial charge in [-0.2, -0.15) is 0 Å². The van der Waals surface area contributed by atoms with Crippen molar-refractivity contribution in [1.82, 2.24) is 0 Å². The number of aliphatic imine (C=N–C) groups is 1. The van der Waals surface area contributed by atoms with E-state index in [1.807, 2.05) is 73.8 Å². The second-order valence-electron chi connectivity index (χ2n) is 6.98. The van der Waals surface area contributed by atoms with Gasteiger partial charge in [-0.15, -0.1) is 11.3 Å². The molecule has 2 aromatic carbocycles.